The molecule has 3 heterocycles. The van der Waals surface area contributed by atoms with E-state index in [9.17, 15) is 24.9 Å². The van der Waals surface area contributed by atoms with Gasteiger partial charge in [-0.3, -0.25) is 9.05 Å². The molecule has 3 rings (SSSR count). The van der Waals surface area contributed by atoms with Crippen LogP contribution >= 0.6 is 7.82 Å². The number of fused-ring (bicyclic) bond motifs is 1. The van der Waals surface area contributed by atoms with Crippen LogP contribution in [0.2, 0.25) is 0 Å². The smallest absolute Gasteiger partial charge is 0.387 e. The van der Waals surface area contributed by atoms with E-state index in [0.29, 0.717) is 31.6 Å². The normalized spacial score (nSPS) is 23.7. The number of rotatable bonds is 23. The highest BCUT2D eigenvalue weighted by Gasteiger charge is 2.59. The lowest BCUT2D eigenvalue weighted by atomic mass is 9.92. The number of aromatic nitrogens is 3. The van der Waals surface area contributed by atoms with Gasteiger partial charge in [0.1, 0.15) is 36.2 Å². The van der Waals surface area contributed by atoms with Gasteiger partial charge in [-0.25, -0.2) is 14.1 Å². The maximum atomic E-state index is 12.6. The Bertz CT molecular complexity index is 1240. The molecule has 2 aromatic rings. The molecule has 45 heavy (non-hydrogen) atoms. The van der Waals surface area contributed by atoms with Crippen LogP contribution in [0.25, 0.3) is 5.52 Å². The van der Waals surface area contributed by atoms with Crippen molar-refractivity contribution < 1.29 is 38.2 Å². The molecule has 1 aliphatic rings. The number of unbranched alkanes of at least 4 members (excludes halogenated alkanes) is 12. The van der Waals surface area contributed by atoms with Crippen LogP contribution in [0, 0.1) is 11.3 Å². The zero-order valence-electron chi connectivity index (χ0n) is 26.8. The Morgan fingerprint density at radius 3 is 2.22 bits per heavy atom. The van der Waals surface area contributed by atoms with E-state index in [1.54, 1.807) is 6.07 Å². The Morgan fingerprint density at radius 2 is 1.60 bits per heavy atom. The number of nitrogens with two attached hydrogens (primary N) is 1. The molecule has 2 unspecified atom stereocenters. The Labute approximate surface area is 266 Å². The fourth-order valence-corrected chi connectivity index (χ4v) is 6.64. The largest absolute Gasteiger partial charge is 0.472 e. The summed E-state index contributed by atoms with van der Waals surface area (Å²) >= 11 is 0. The predicted molar refractivity (Wildman–Crippen MR) is 169 cm³/mol. The van der Waals surface area contributed by atoms with Crippen LogP contribution in [0.4, 0.5) is 5.82 Å². The van der Waals surface area contributed by atoms with Crippen molar-refractivity contribution in [3.8, 4) is 6.07 Å². The van der Waals surface area contributed by atoms with E-state index in [1.807, 2.05) is 6.07 Å². The van der Waals surface area contributed by atoms with Gasteiger partial charge in [0.15, 0.2) is 5.82 Å². The minimum Gasteiger partial charge on any atom is -0.387 e. The third-order valence-electron chi connectivity index (χ3n) is 8.27. The summed E-state index contributed by atoms with van der Waals surface area (Å²) in [6, 6.07) is 4.96. The Hall–Kier alpha value is -2.14. The number of nitrogen functional groups attached to an aromatic ring is 1. The molecule has 6 atom stereocenters. The third-order valence-corrected chi connectivity index (χ3v) is 9.38. The molecule has 0 saturated carbocycles. The molecule has 5 N–H and O–H groups in total. The minimum absolute atomic E-state index is 0.0292. The number of ether oxygens (including phenoxy) is 2. The molecule has 254 valence electrons. The summed E-state index contributed by atoms with van der Waals surface area (Å²) in [5.41, 5.74) is 4.31. The van der Waals surface area contributed by atoms with E-state index >= 15 is 0 Å². The van der Waals surface area contributed by atoms with Gasteiger partial charge < -0.3 is 30.3 Å². The number of aliphatic hydroxyl groups excluding tert-OH is 2. The molecular formula is C31H52N5O8P. The van der Waals surface area contributed by atoms with Crippen molar-refractivity contribution in [1.29, 1.82) is 5.26 Å². The summed E-state index contributed by atoms with van der Waals surface area (Å²) in [5.74, 6) is 0.148. The van der Waals surface area contributed by atoms with Crippen LogP contribution in [-0.4, -0.2) is 73.9 Å². The second-order valence-electron chi connectivity index (χ2n) is 11.8. The number of aliphatic hydroxyl groups is 2. The molecule has 1 saturated heterocycles. The number of phosphoric acid groups is 1. The van der Waals surface area contributed by atoms with Crippen LogP contribution < -0.4 is 5.73 Å². The van der Waals surface area contributed by atoms with Gasteiger partial charge in [-0.1, -0.05) is 77.6 Å². The SMILES string of the molecule is CCCCCCCCCCCCCCOCCCCOP(=O)(O)O[C@@H](C)C1O[C@@](C#N)(c2ccc3c(N)ncnn23)[C@H](O)[C@@H]1O. The van der Waals surface area contributed by atoms with Crippen LogP contribution in [0.1, 0.15) is 109 Å². The van der Waals surface area contributed by atoms with Crippen molar-refractivity contribution in [3.63, 3.8) is 0 Å². The topological polar surface area (TPSA) is 195 Å². The van der Waals surface area contributed by atoms with Gasteiger partial charge in [0.2, 0.25) is 5.60 Å². The molecule has 1 aliphatic heterocycles. The van der Waals surface area contributed by atoms with Gasteiger partial charge >= 0.3 is 7.82 Å². The number of nitrogens with zero attached hydrogens (tertiary/aromatic N) is 4. The zero-order chi connectivity index (χ0) is 32.7. The molecule has 0 amide bonds. The number of anilines is 1. The number of hydrogen-bond acceptors (Lipinski definition) is 11. The molecule has 13 nitrogen and oxygen atoms in total. The van der Waals surface area contributed by atoms with E-state index < -0.39 is 37.8 Å². The zero-order valence-corrected chi connectivity index (χ0v) is 27.7. The lowest BCUT2D eigenvalue weighted by Gasteiger charge is -2.26. The van der Waals surface area contributed by atoms with Gasteiger partial charge in [0, 0.05) is 13.2 Å². The van der Waals surface area contributed by atoms with E-state index in [1.165, 1.54) is 94.5 Å². The molecule has 1 fully saturated rings. The van der Waals surface area contributed by atoms with Crippen LogP contribution in [-0.2, 0) is 28.7 Å². The van der Waals surface area contributed by atoms with Crippen molar-refractivity contribution in [3.05, 3.63) is 24.2 Å². The quantitative estimate of drug-likeness (QED) is 0.0909. The van der Waals surface area contributed by atoms with Crippen LogP contribution in [0.5, 0.6) is 0 Å². The lowest BCUT2D eigenvalue weighted by molar-refractivity contribution is -0.0869. The van der Waals surface area contributed by atoms with Crippen molar-refractivity contribution in [2.75, 3.05) is 25.6 Å². The Balaban J connectivity index is 1.29. The van der Waals surface area contributed by atoms with Gasteiger partial charge in [0.25, 0.3) is 0 Å². The highest BCUT2D eigenvalue weighted by molar-refractivity contribution is 7.47. The third kappa shape index (κ3) is 10.7. The van der Waals surface area contributed by atoms with Crippen molar-refractivity contribution in [1.82, 2.24) is 14.6 Å². The standard InChI is InChI=1S/C31H52N5O8P/c1-3-4-5-6-7-8-9-10-11-12-13-14-19-41-20-15-16-21-42-45(39,40)44-24(2)28-27(37)29(38)31(22-32,43-28)26-18-17-25-30(33)34-23-35-36(25)26/h17-18,23-24,27-29,37-38H,3-16,19-21H2,1-2H3,(H,39,40)(H2,33,34,35)/t24-,27+,28?,29+,31-/m0/s1. The Kier molecular flexibility index (Phi) is 15.6. The predicted octanol–water partition coefficient (Wildman–Crippen LogP) is 5.17. The molecule has 0 bridgehead atoms. The summed E-state index contributed by atoms with van der Waals surface area (Å²) < 4.78 is 35.7. The van der Waals surface area contributed by atoms with Gasteiger partial charge in [0.05, 0.1) is 18.4 Å². The molecule has 0 aromatic carbocycles. The summed E-state index contributed by atoms with van der Waals surface area (Å²) in [4.78, 5) is 14.2. The van der Waals surface area contributed by atoms with Crippen molar-refractivity contribution in [2.24, 2.45) is 0 Å². The molecule has 14 heteroatoms. The first-order chi connectivity index (χ1) is 21.7. The summed E-state index contributed by atoms with van der Waals surface area (Å²) in [5, 5.41) is 35.8. The van der Waals surface area contributed by atoms with Crippen LogP contribution in [0.15, 0.2) is 18.5 Å². The van der Waals surface area contributed by atoms with E-state index in [0.717, 1.165) is 6.42 Å². The average molecular weight is 654 g/mol. The second kappa shape index (κ2) is 18.9. The first kappa shape index (κ1) is 37.3. The average Bonchev–Trinajstić information content (AvgIpc) is 3.56. The molecular weight excluding hydrogens is 601 g/mol. The maximum absolute atomic E-state index is 12.6. The van der Waals surface area contributed by atoms with Crippen molar-refractivity contribution >= 4 is 19.2 Å². The van der Waals surface area contributed by atoms with Gasteiger partial charge in [-0.2, -0.15) is 10.4 Å². The van der Waals surface area contributed by atoms with Crippen molar-refractivity contribution in [2.45, 2.75) is 134 Å². The summed E-state index contributed by atoms with van der Waals surface area (Å²) in [7, 11) is -4.53. The van der Waals surface area contributed by atoms with Crippen LogP contribution in [0.3, 0.4) is 0 Å². The Morgan fingerprint density at radius 1 is 1.02 bits per heavy atom. The van der Waals surface area contributed by atoms with E-state index in [4.69, 9.17) is 24.3 Å². The second-order valence-corrected chi connectivity index (χ2v) is 13.3. The maximum Gasteiger partial charge on any atom is 0.472 e. The summed E-state index contributed by atoms with van der Waals surface area (Å²) in [6.07, 6.45) is 12.0. The summed E-state index contributed by atoms with van der Waals surface area (Å²) in [6.45, 7) is 4.85. The molecule has 0 spiro atoms. The number of hydrogen-bond donors (Lipinski definition) is 4. The first-order valence-electron chi connectivity index (χ1n) is 16.4. The van der Waals surface area contributed by atoms with E-state index in [-0.39, 0.29) is 18.1 Å². The van der Waals surface area contributed by atoms with Gasteiger partial charge in [-0.15, -0.1) is 0 Å². The lowest BCUT2D eigenvalue weighted by Crippen LogP contribution is -2.41. The molecule has 2 aromatic heterocycles. The fourth-order valence-electron chi connectivity index (χ4n) is 5.68. The fraction of sp³-hybridized carbons (Fsp3) is 0.774. The first-order valence-corrected chi connectivity index (χ1v) is 17.9. The minimum atomic E-state index is -4.53. The number of nitriles is 1. The van der Waals surface area contributed by atoms with Gasteiger partial charge in [-0.05, 0) is 38.3 Å². The molecule has 0 aliphatic carbocycles. The van der Waals surface area contributed by atoms with E-state index in [2.05, 4.69) is 17.0 Å². The highest BCUT2D eigenvalue weighted by atomic mass is 31.2. The monoisotopic (exact) mass is 653 g/mol. The number of phosphoric ester groups is 1. The molecule has 0 radical (unpaired) electrons. The highest BCUT2D eigenvalue weighted by Crippen LogP contribution is 2.48.